The highest BCUT2D eigenvalue weighted by Crippen LogP contribution is 2.17. The Morgan fingerprint density at radius 1 is 0.302 bits per heavy atom. The molecule has 0 aliphatic heterocycles. The van der Waals surface area contributed by atoms with E-state index in [1.807, 2.05) is 0 Å². The van der Waals surface area contributed by atoms with Crippen LogP contribution in [0.4, 0.5) is 0 Å². The molecular weight excluding hydrogens is 781 g/mol. The Morgan fingerprint density at radius 3 is 0.794 bits per heavy atom. The lowest BCUT2D eigenvalue weighted by atomic mass is 10.0. The Labute approximate surface area is 392 Å². The molecule has 63 heavy (non-hydrogen) atoms. The van der Waals surface area contributed by atoms with Gasteiger partial charge in [0.2, 0.25) is 0 Å². The van der Waals surface area contributed by atoms with Crippen molar-refractivity contribution in [2.75, 3.05) is 13.2 Å². The number of rotatable bonds is 52. The molecule has 0 saturated carbocycles. The molecule has 6 nitrogen and oxygen atoms in total. The number of esters is 3. The summed E-state index contributed by atoms with van der Waals surface area (Å²) in [7, 11) is 0. The molecule has 0 radical (unpaired) electrons. The van der Waals surface area contributed by atoms with E-state index in [1.165, 1.54) is 212 Å². The van der Waals surface area contributed by atoms with Crippen LogP contribution in [-0.4, -0.2) is 37.2 Å². The maximum absolute atomic E-state index is 12.8. The number of ether oxygens (including phenoxy) is 3. The minimum absolute atomic E-state index is 0.0667. The van der Waals surface area contributed by atoms with Crippen LogP contribution >= 0.6 is 0 Å². The molecule has 0 bridgehead atoms. The van der Waals surface area contributed by atoms with Gasteiger partial charge in [0.1, 0.15) is 13.2 Å². The zero-order chi connectivity index (χ0) is 45.8. The van der Waals surface area contributed by atoms with Crippen molar-refractivity contribution in [3.05, 3.63) is 12.2 Å². The van der Waals surface area contributed by atoms with Crippen molar-refractivity contribution in [2.24, 2.45) is 0 Å². The van der Waals surface area contributed by atoms with Gasteiger partial charge >= 0.3 is 17.9 Å². The van der Waals surface area contributed by atoms with Crippen LogP contribution in [0.5, 0.6) is 0 Å². The van der Waals surface area contributed by atoms with Crippen molar-refractivity contribution in [1.29, 1.82) is 0 Å². The van der Waals surface area contributed by atoms with Gasteiger partial charge in [-0.3, -0.25) is 14.4 Å². The summed E-state index contributed by atoms with van der Waals surface area (Å²) in [6.07, 6.45) is 59.1. The normalized spacial score (nSPS) is 12.0. The maximum Gasteiger partial charge on any atom is 0.306 e. The van der Waals surface area contributed by atoms with Crippen LogP contribution in [0.1, 0.15) is 316 Å². The third kappa shape index (κ3) is 51.0. The van der Waals surface area contributed by atoms with E-state index < -0.39 is 6.10 Å². The molecule has 0 aromatic rings. The molecule has 0 rings (SSSR count). The lowest BCUT2D eigenvalue weighted by Crippen LogP contribution is -2.30. The molecule has 6 heteroatoms. The van der Waals surface area contributed by atoms with Crippen molar-refractivity contribution >= 4 is 17.9 Å². The smallest absolute Gasteiger partial charge is 0.306 e. The second-order valence-electron chi connectivity index (χ2n) is 19.2. The summed E-state index contributed by atoms with van der Waals surface area (Å²) in [4.78, 5) is 38.1. The van der Waals surface area contributed by atoms with Gasteiger partial charge in [-0.2, -0.15) is 0 Å². The van der Waals surface area contributed by atoms with Crippen LogP contribution in [0.3, 0.4) is 0 Å². The van der Waals surface area contributed by atoms with Gasteiger partial charge in [-0.15, -0.1) is 0 Å². The molecule has 1 atom stereocenters. The lowest BCUT2D eigenvalue weighted by Gasteiger charge is -2.18. The Kier molecular flexibility index (Phi) is 51.2. The van der Waals surface area contributed by atoms with Crippen LogP contribution in [0.15, 0.2) is 12.2 Å². The maximum atomic E-state index is 12.8. The average molecular weight is 889 g/mol. The van der Waals surface area contributed by atoms with Gasteiger partial charge < -0.3 is 14.2 Å². The predicted molar refractivity (Wildman–Crippen MR) is 270 cm³/mol. The first-order valence-electron chi connectivity index (χ1n) is 28.2. The standard InChI is InChI=1S/C57H108O6/c1-4-7-10-13-16-19-22-25-27-28-30-33-36-39-42-45-48-51-57(60)63-54(52-61-55(58)49-46-43-40-37-34-31-24-21-18-15-12-9-6-3)53-62-56(59)50-47-44-41-38-35-32-29-26-23-20-17-14-11-8-5-2/h26,29,54H,4-25,27-28,30-53H2,1-3H3/b29-26-. The molecule has 0 aliphatic rings. The second kappa shape index (κ2) is 52.8. The van der Waals surface area contributed by atoms with Gasteiger partial charge in [0.05, 0.1) is 0 Å². The van der Waals surface area contributed by atoms with Crippen LogP contribution in [0.2, 0.25) is 0 Å². The predicted octanol–water partition coefficient (Wildman–Crippen LogP) is 18.5. The third-order valence-corrected chi connectivity index (χ3v) is 12.8. The first kappa shape index (κ1) is 61.1. The van der Waals surface area contributed by atoms with Gasteiger partial charge in [-0.25, -0.2) is 0 Å². The first-order chi connectivity index (χ1) is 31.0. The number of hydrogen-bond acceptors (Lipinski definition) is 6. The number of unbranched alkanes of at least 4 members (excludes halogenated alkanes) is 39. The topological polar surface area (TPSA) is 78.9 Å². The van der Waals surface area contributed by atoms with Gasteiger partial charge in [-0.1, -0.05) is 264 Å². The Bertz CT molecular complexity index is 978. The van der Waals surface area contributed by atoms with E-state index in [9.17, 15) is 14.4 Å². The Balaban J connectivity index is 4.32. The SMILES string of the molecule is CCCCCCCC/C=C\CCCCCCCC(=O)OCC(COC(=O)CCCCCCCCCCCCCCC)OC(=O)CCCCCCCCCCCCCCCCCCC. The summed E-state index contributed by atoms with van der Waals surface area (Å²) >= 11 is 0. The van der Waals surface area contributed by atoms with Crippen LogP contribution in [0, 0.1) is 0 Å². The summed E-state index contributed by atoms with van der Waals surface area (Å²) in [5, 5.41) is 0. The highest BCUT2D eigenvalue weighted by Gasteiger charge is 2.19. The molecule has 0 spiro atoms. The molecule has 0 heterocycles. The minimum atomic E-state index is -0.767. The molecular formula is C57H108O6. The Morgan fingerprint density at radius 2 is 0.524 bits per heavy atom. The van der Waals surface area contributed by atoms with Crippen molar-refractivity contribution in [1.82, 2.24) is 0 Å². The molecule has 372 valence electrons. The quantitative estimate of drug-likeness (QED) is 0.0262. The van der Waals surface area contributed by atoms with Gasteiger partial charge in [0, 0.05) is 19.3 Å². The average Bonchev–Trinajstić information content (AvgIpc) is 3.28. The van der Waals surface area contributed by atoms with Gasteiger partial charge in [0.25, 0.3) is 0 Å². The number of carbonyl (C=O) groups is 3. The van der Waals surface area contributed by atoms with Crippen LogP contribution < -0.4 is 0 Å². The largest absolute Gasteiger partial charge is 0.462 e. The molecule has 0 amide bonds. The van der Waals surface area contributed by atoms with Crippen molar-refractivity contribution in [3.63, 3.8) is 0 Å². The Hall–Kier alpha value is -1.85. The number of hydrogen-bond donors (Lipinski definition) is 0. The van der Waals surface area contributed by atoms with E-state index in [4.69, 9.17) is 14.2 Å². The van der Waals surface area contributed by atoms with Gasteiger partial charge in [-0.05, 0) is 44.9 Å². The molecule has 0 aromatic heterocycles. The molecule has 1 unspecified atom stereocenters. The van der Waals surface area contributed by atoms with E-state index in [1.54, 1.807) is 0 Å². The summed E-state index contributed by atoms with van der Waals surface area (Å²) in [5.41, 5.74) is 0. The van der Waals surface area contributed by atoms with Crippen molar-refractivity contribution in [2.45, 2.75) is 322 Å². The molecule has 0 aromatic carbocycles. The zero-order valence-electron chi connectivity index (χ0n) is 42.6. The molecule has 0 N–H and O–H groups in total. The molecule has 0 saturated heterocycles. The van der Waals surface area contributed by atoms with Gasteiger partial charge in [0.15, 0.2) is 6.10 Å². The minimum Gasteiger partial charge on any atom is -0.462 e. The first-order valence-corrected chi connectivity index (χ1v) is 28.2. The molecule has 0 aliphatic carbocycles. The third-order valence-electron chi connectivity index (χ3n) is 12.8. The van der Waals surface area contributed by atoms with E-state index in [0.717, 1.165) is 64.2 Å². The fourth-order valence-electron chi connectivity index (χ4n) is 8.50. The fourth-order valence-corrected chi connectivity index (χ4v) is 8.50. The van der Waals surface area contributed by atoms with E-state index >= 15 is 0 Å². The van der Waals surface area contributed by atoms with Crippen LogP contribution in [-0.2, 0) is 28.6 Å². The number of carbonyl (C=O) groups excluding carboxylic acids is 3. The fraction of sp³-hybridized carbons (Fsp3) is 0.912. The number of allylic oxidation sites excluding steroid dienone is 2. The van der Waals surface area contributed by atoms with Crippen molar-refractivity contribution < 1.29 is 28.6 Å². The zero-order valence-corrected chi connectivity index (χ0v) is 42.6. The summed E-state index contributed by atoms with van der Waals surface area (Å²) in [6, 6.07) is 0. The van der Waals surface area contributed by atoms with E-state index in [2.05, 4.69) is 32.9 Å². The van der Waals surface area contributed by atoms with E-state index in [-0.39, 0.29) is 31.1 Å². The summed E-state index contributed by atoms with van der Waals surface area (Å²) < 4.78 is 16.9. The second-order valence-corrected chi connectivity index (χ2v) is 19.2. The van der Waals surface area contributed by atoms with E-state index in [0.29, 0.717) is 19.3 Å². The highest BCUT2D eigenvalue weighted by molar-refractivity contribution is 5.71. The summed E-state index contributed by atoms with van der Waals surface area (Å²) in [5.74, 6) is -0.853. The van der Waals surface area contributed by atoms with Crippen LogP contribution in [0.25, 0.3) is 0 Å². The summed E-state index contributed by atoms with van der Waals surface area (Å²) in [6.45, 7) is 6.68. The lowest BCUT2D eigenvalue weighted by molar-refractivity contribution is -0.167. The highest BCUT2D eigenvalue weighted by atomic mass is 16.6. The van der Waals surface area contributed by atoms with Crippen molar-refractivity contribution in [3.8, 4) is 0 Å². The molecule has 0 fully saturated rings. The monoisotopic (exact) mass is 889 g/mol.